The number of amides is 1. The Labute approximate surface area is 189 Å². The lowest BCUT2D eigenvalue weighted by Gasteiger charge is -2.10. The van der Waals surface area contributed by atoms with Crippen LogP contribution in [0.5, 0.6) is 11.5 Å². The first-order valence-electron chi connectivity index (χ1n) is 9.90. The summed E-state index contributed by atoms with van der Waals surface area (Å²) in [5.74, 6) is 2.84. The highest BCUT2D eigenvalue weighted by atomic mass is 32.2. The average molecular weight is 451 g/mol. The van der Waals surface area contributed by atoms with Crippen LogP contribution in [-0.4, -0.2) is 33.5 Å². The molecular weight excluding hydrogens is 428 g/mol. The van der Waals surface area contributed by atoms with E-state index in [0.29, 0.717) is 29.0 Å². The number of nitrogens with one attached hydrogen (secondary N) is 1. The number of hydrogen-bond donors (Lipinski definition) is 1. The number of carbonyl (C=O) groups is 1. The summed E-state index contributed by atoms with van der Waals surface area (Å²) in [6, 6.07) is 20.4. The van der Waals surface area contributed by atoms with E-state index < -0.39 is 0 Å². The van der Waals surface area contributed by atoms with E-state index in [4.69, 9.17) is 13.9 Å². The van der Waals surface area contributed by atoms with Crippen LogP contribution in [0, 0.1) is 0 Å². The van der Waals surface area contributed by atoms with Crippen LogP contribution in [0.1, 0.15) is 11.6 Å². The lowest BCUT2D eigenvalue weighted by atomic mass is 10.3. The highest BCUT2D eigenvalue weighted by Crippen LogP contribution is 2.22. The minimum absolute atomic E-state index is 0.155. The van der Waals surface area contributed by atoms with Gasteiger partial charge in [-0.05, 0) is 36.4 Å². The maximum Gasteiger partial charge on any atom is 0.234 e. The van der Waals surface area contributed by atoms with E-state index in [1.165, 1.54) is 11.8 Å². The standard InChI is InChI=1S/C23H22N4O4S/c1-29-19-10-5-7-17(13-19)24-22(28)16-32-23-26-25-21(15-31-18-8-3-2-4-9-18)27(23)14-20-11-6-12-30-20/h2-13H,14-16H2,1H3,(H,24,28). The summed E-state index contributed by atoms with van der Waals surface area (Å²) in [6.45, 7) is 0.682. The Morgan fingerprint density at radius 3 is 2.69 bits per heavy atom. The molecule has 0 aliphatic rings. The molecule has 9 heteroatoms. The molecule has 0 bridgehead atoms. The predicted octanol–water partition coefficient (Wildman–Crippen LogP) is 4.24. The maximum atomic E-state index is 12.5. The first-order valence-corrected chi connectivity index (χ1v) is 10.9. The molecule has 4 aromatic rings. The second kappa shape index (κ2) is 10.5. The van der Waals surface area contributed by atoms with Crippen LogP contribution in [0.4, 0.5) is 5.69 Å². The second-order valence-corrected chi connectivity index (χ2v) is 7.68. The number of anilines is 1. The number of para-hydroxylation sites is 1. The number of thioether (sulfide) groups is 1. The average Bonchev–Trinajstić information content (AvgIpc) is 3.47. The van der Waals surface area contributed by atoms with Crippen molar-refractivity contribution in [2.75, 3.05) is 18.2 Å². The summed E-state index contributed by atoms with van der Waals surface area (Å²) < 4.78 is 18.4. The first-order chi connectivity index (χ1) is 15.7. The minimum Gasteiger partial charge on any atom is -0.497 e. The molecule has 8 nitrogen and oxygen atoms in total. The maximum absolute atomic E-state index is 12.5. The molecule has 1 amide bonds. The predicted molar refractivity (Wildman–Crippen MR) is 121 cm³/mol. The fourth-order valence-corrected chi connectivity index (χ4v) is 3.70. The van der Waals surface area contributed by atoms with Crippen molar-refractivity contribution in [3.63, 3.8) is 0 Å². The Morgan fingerprint density at radius 2 is 1.91 bits per heavy atom. The molecule has 0 saturated carbocycles. The van der Waals surface area contributed by atoms with E-state index in [-0.39, 0.29) is 18.3 Å². The zero-order chi connectivity index (χ0) is 22.2. The Morgan fingerprint density at radius 1 is 1.06 bits per heavy atom. The molecule has 0 saturated heterocycles. The van der Waals surface area contributed by atoms with Gasteiger partial charge < -0.3 is 19.2 Å². The van der Waals surface area contributed by atoms with Crippen LogP contribution in [0.25, 0.3) is 0 Å². The molecule has 0 spiro atoms. The lowest BCUT2D eigenvalue weighted by Crippen LogP contribution is -2.15. The summed E-state index contributed by atoms with van der Waals surface area (Å²) in [6.07, 6.45) is 1.62. The molecule has 0 aliphatic heterocycles. The zero-order valence-electron chi connectivity index (χ0n) is 17.4. The van der Waals surface area contributed by atoms with Crippen molar-refractivity contribution in [2.24, 2.45) is 0 Å². The van der Waals surface area contributed by atoms with Crippen LogP contribution < -0.4 is 14.8 Å². The summed E-state index contributed by atoms with van der Waals surface area (Å²) >= 11 is 1.30. The summed E-state index contributed by atoms with van der Waals surface area (Å²) in [5.41, 5.74) is 0.670. The highest BCUT2D eigenvalue weighted by Gasteiger charge is 2.16. The quantitative estimate of drug-likeness (QED) is 0.361. The third kappa shape index (κ3) is 5.70. The van der Waals surface area contributed by atoms with Crippen LogP contribution in [-0.2, 0) is 17.9 Å². The summed E-state index contributed by atoms with van der Waals surface area (Å²) in [7, 11) is 1.59. The van der Waals surface area contributed by atoms with Gasteiger partial charge in [0.15, 0.2) is 11.0 Å². The van der Waals surface area contributed by atoms with Gasteiger partial charge in [0.1, 0.15) is 23.9 Å². The number of rotatable bonds is 10. The van der Waals surface area contributed by atoms with Crippen molar-refractivity contribution in [1.29, 1.82) is 0 Å². The van der Waals surface area contributed by atoms with Crippen LogP contribution in [0.2, 0.25) is 0 Å². The number of nitrogens with zero attached hydrogens (tertiary/aromatic N) is 3. The van der Waals surface area contributed by atoms with Crippen LogP contribution >= 0.6 is 11.8 Å². The van der Waals surface area contributed by atoms with Gasteiger partial charge in [-0.2, -0.15) is 0 Å². The number of ether oxygens (including phenoxy) is 2. The van der Waals surface area contributed by atoms with Gasteiger partial charge in [-0.25, -0.2) is 0 Å². The Bertz CT molecular complexity index is 1150. The van der Waals surface area contributed by atoms with Crippen molar-refractivity contribution in [3.05, 3.63) is 84.6 Å². The molecule has 1 N–H and O–H groups in total. The monoisotopic (exact) mass is 450 g/mol. The molecule has 0 unspecified atom stereocenters. The SMILES string of the molecule is COc1cccc(NC(=O)CSc2nnc(COc3ccccc3)n2Cc2ccco2)c1. The molecule has 2 aromatic carbocycles. The molecule has 4 rings (SSSR count). The van der Waals surface area contributed by atoms with Gasteiger partial charge in [-0.3, -0.25) is 9.36 Å². The number of hydrogen-bond acceptors (Lipinski definition) is 7. The topological polar surface area (TPSA) is 91.4 Å². The minimum atomic E-state index is -0.155. The Balaban J connectivity index is 1.43. The van der Waals surface area contributed by atoms with Crippen molar-refractivity contribution in [1.82, 2.24) is 14.8 Å². The molecule has 0 atom stereocenters. The molecule has 2 aromatic heterocycles. The smallest absolute Gasteiger partial charge is 0.234 e. The van der Waals surface area contributed by atoms with Gasteiger partial charge in [0, 0.05) is 11.8 Å². The van der Waals surface area contributed by atoms with E-state index in [0.717, 1.165) is 11.5 Å². The number of methoxy groups -OCH3 is 1. The van der Waals surface area contributed by atoms with E-state index in [1.807, 2.05) is 65.2 Å². The normalized spacial score (nSPS) is 10.7. The van der Waals surface area contributed by atoms with E-state index in [1.54, 1.807) is 19.4 Å². The Hall–Kier alpha value is -3.72. The number of furan rings is 1. The molecule has 0 fully saturated rings. The van der Waals surface area contributed by atoms with Crippen molar-refractivity contribution >= 4 is 23.4 Å². The largest absolute Gasteiger partial charge is 0.497 e. The third-order valence-corrected chi connectivity index (χ3v) is 5.45. The number of carbonyl (C=O) groups excluding carboxylic acids is 1. The van der Waals surface area contributed by atoms with Crippen LogP contribution in [0.15, 0.2) is 82.6 Å². The first kappa shape index (κ1) is 21.5. The van der Waals surface area contributed by atoms with Gasteiger partial charge in [0.05, 0.1) is 25.7 Å². The fourth-order valence-electron chi connectivity index (χ4n) is 2.94. The fraction of sp³-hybridized carbons (Fsp3) is 0.174. The van der Waals surface area contributed by atoms with Crippen molar-refractivity contribution in [2.45, 2.75) is 18.3 Å². The van der Waals surface area contributed by atoms with E-state index in [2.05, 4.69) is 15.5 Å². The summed E-state index contributed by atoms with van der Waals surface area (Å²) in [4.78, 5) is 12.5. The number of benzene rings is 2. The molecule has 32 heavy (non-hydrogen) atoms. The van der Waals surface area contributed by atoms with Gasteiger partial charge in [0.2, 0.25) is 5.91 Å². The second-order valence-electron chi connectivity index (χ2n) is 6.73. The molecule has 0 aliphatic carbocycles. The molecule has 164 valence electrons. The zero-order valence-corrected chi connectivity index (χ0v) is 18.2. The lowest BCUT2D eigenvalue weighted by molar-refractivity contribution is -0.113. The third-order valence-electron chi connectivity index (χ3n) is 4.48. The Kier molecular flexibility index (Phi) is 7.08. The summed E-state index contributed by atoms with van der Waals surface area (Å²) in [5, 5.41) is 12.0. The van der Waals surface area contributed by atoms with Crippen LogP contribution in [0.3, 0.4) is 0 Å². The van der Waals surface area contributed by atoms with E-state index >= 15 is 0 Å². The molecule has 0 radical (unpaired) electrons. The highest BCUT2D eigenvalue weighted by molar-refractivity contribution is 7.99. The van der Waals surface area contributed by atoms with Crippen molar-refractivity contribution < 1.29 is 18.7 Å². The van der Waals surface area contributed by atoms with Gasteiger partial charge in [-0.1, -0.05) is 36.0 Å². The van der Waals surface area contributed by atoms with Gasteiger partial charge in [0.25, 0.3) is 0 Å². The van der Waals surface area contributed by atoms with Gasteiger partial charge in [-0.15, -0.1) is 10.2 Å². The van der Waals surface area contributed by atoms with Gasteiger partial charge >= 0.3 is 0 Å². The molecular formula is C23H22N4O4S. The van der Waals surface area contributed by atoms with Crippen molar-refractivity contribution in [3.8, 4) is 11.5 Å². The molecule has 2 heterocycles. The van der Waals surface area contributed by atoms with E-state index in [9.17, 15) is 4.79 Å². The number of aromatic nitrogens is 3.